The SMILES string of the molecule is COc1cc(C)cc(C)c1C1=C(O)CC(C(C)CSc2ccc(C(F)(F)F)cc2)CC1=O. The van der Waals surface area contributed by atoms with Crippen LogP contribution in [-0.2, 0) is 11.0 Å². The Morgan fingerprint density at radius 1 is 1.16 bits per heavy atom. The molecule has 3 rings (SSSR count). The summed E-state index contributed by atoms with van der Waals surface area (Å²) in [7, 11) is 1.55. The summed E-state index contributed by atoms with van der Waals surface area (Å²) in [5.74, 6) is 1.22. The molecule has 0 saturated heterocycles. The number of halogens is 3. The Morgan fingerprint density at radius 2 is 1.81 bits per heavy atom. The van der Waals surface area contributed by atoms with Crippen molar-refractivity contribution in [3.63, 3.8) is 0 Å². The summed E-state index contributed by atoms with van der Waals surface area (Å²) in [6.07, 6.45) is -3.66. The lowest BCUT2D eigenvalue weighted by Gasteiger charge is -2.29. The highest BCUT2D eigenvalue weighted by atomic mass is 32.2. The third-order valence-electron chi connectivity index (χ3n) is 5.88. The highest BCUT2D eigenvalue weighted by Crippen LogP contribution is 2.41. The molecule has 0 aromatic heterocycles. The van der Waals surface area contributed by atoms with Gasteiger partial charge in [0.1, 0.15) is 11.5 Å². The molecule has 0 aliphatic heterocycles. The molecule has 2 atom stereocenters. The zero-order valence-electron chi connectivity index (χ0n) is 18.5. The topological polar surface area (TPSA) is 46.5 Å². The summed E-state index contributed by atoms with van der Waals surface area (Å²) in [6.45, 7) is 5.85. The van der Waals surface area contributed by atoms with Crippen LogP contribution < -0.4 is 4.74 Å². The standard InChI is InChI=1S/C25H27F3O3S/c1-14-9-15(2)23(22(10-14)31-4)24-20(29)11-17(12-21(24)30)16(3)13-32-19-7-5-18(6-8-19)25(26,27)28/h5-10,16-17,29H,11-13H2,1-4H3. The molecule has 0 fully saturated rings. The Kier molecular flexibility index (Phi) is 7.28. The number of rotatable bonds is 6. The van der Waals surface area contributed by atoms with Gasteiger partial charge in [0.15, 0.2) is 5.78 Å². The lowest BCUT2D eigenvalue weighted by molar-refractivity contribution is -0.137. The molecule has 1 N–H and O–H groups in total. The first-order valence-electron chi connectivity index (χ1n) is 10.4. The third-order valence-corrected chi connectivity index (χ3v) is 7.18. The minimum Gasteiger partial charge on any atom is -0.512 e. The Balaban J connectivity index is 1.72. The maximum atomic E-state index is 13.0. The van der Waals surface area contributed by atoms with Gasteiger partial charge in [0, 0.05) is 29.1 Å². The van der Waals surface area contributed by atoms with Gasteiger partial charge in [-0.3, -0.25) is 4.79 Å². The number of Topliss-reactive ketones (excluding diaryl/α,β-unsaturated/α-hetero) is 1. The van der Waals surface area contributed by atoms with Crippen LogP contribution in [0.25, 0.3) is 5.57 Å². The fraction of sp³-hybridized carbons (Fsp3) is 0.400. The minimum atomic E-state index is -4.35. The number of ketones is 1. The molecule has 0 saturated carbocycles. The van der Waals surface area contributed by atoms with Crippen LogP contribution in [0, 0.1) is 25.7 Å². The lowest BCUT2D eigenvalue weighted by atomic mass is 9.78. The van der Waals surface area contributed by atoms with Crippen molar-refractivity contribution in [3.8, 4) is 5.75 Å². The summed E-state index contributed by atoms with van der Waals surface area (Å²) in [5, 5.41) is 10.8. The van der Waals surface area contributed by atoms with Gasteiger partial charge in [-0.05, 0) is 67.1 Å². The average molecular weight is 465 g/mol. The van der Waals surface area contributed by atoms with E-state index in [4.69, 9.17) is 4.74 Å². The Hall–Kier alpha value is -2.41. The first-order chi connectivity index (χ1) is 15.0. The van der Waals surface area contributed by atoms with Crippen molar-refractivity contribution in [2.45, 2.75) is 44.7 Å². The van der Waals surface area contributed by atoms with Gasteiger partial charge in [0.05, 0.1) is 18.2 Å². The number of hydrogen-bond donors (Lipinski definition) is 1. The first kappa shape index (κ1) is 24.2. The van der Waals surface area contributed by atoms with E-state index in [9.17, 15) is 23.1 Å². The van der Waals surface area contributed by atoms with Crippen LogP contribution in [-0.4, -0.2) is 23.8 Å². The van der Waals surface area contributed by atoms with Gasteiger partial charge in [-0.25, -0.2) is 0 Å². The maximum Gasteiger partial charge on any atom is 0.416 e. The minimum absolute atomic E-state index is 0.0371. The summed E-state index contributed by atoms with van der Waals surface area (Å²) in [4.78, 5) is 13.8. The predicted octanol–water partition coefficient (Wildman–Crippen LogP) is 7.01. The molecule has 172 valence electrons. The Bertz CT molecular complexity index is 1030. The molecular formula is C25H27F3O3S. The number of methoxy groups -OCH3 is 1. The van der Waals surface area contributed by atoms with Crippen LogP contribution in [0.15, 0.2) is 47.1 Å². The molecule has 0 spiro atoms. The molecule has 2 aromatic rings. The molecule has 2 aromatic carbocycles. The Morgan fingerprint density at radius 3 is 2.38 bits per heavy atom. The second kappa shape index (κ2) is 9.61. The van der Waals surface area contributed by atoms with Gasteiger partial charge >= 0.3 is 6.18 Å². The largest absolute Gasteiger partial charge is 0.512 e. The molecule has 1 aliphatic carbocycles. The molecule has 7 heteroatoms. The van der Waals surface area contributed by atoms with E-state index in [1.54, 1.807) is 7.11 Å². The molecule has 2 unspecified atom stereocenters. The van der Waals surface area contributed by atoms with Crippen LogP contribution in [0.1, 0.15) is 42.0 Å². The summed E-state index contributed by atoms with van der Waals surface area (Å²) >= 11 is 1.45. The van der Waals surface area contributed by atoms with Crippen molar-refractivity contribution in [2.75, 3.05) is 12.9 Å². The van der Waals surface area contributed by atoms with Gasteiger partial charge in [0.25, 0.3) is 0 Å². The average Bonchev–Trinajstić information content (AvgIpc) is 2.72. The van der Waals surface area contributed by atoms with Crippen molar-refractivity contribution in [2.24, 2.45) is 11.8 Å². The smallest absolute Gasteiger partial charge is 0.416 e. The van der Waals surface area contributed by atoms with Crippen molar-refractivity contribution < 1.29 is 27.8 Å². The molecule has 0 amide bonds. The van der Waals surface area contributed by atoms with E-state index in [-0.39, 0.29) is 23.4 Å². The molecular weight excluding hydrogens is 437 g/mol. The van der Waals surface area contributed by atoms with Gasteiger partial charge in [0.2, 0.25) is 0 Å². The van der Waals surface area contributed by atoms with Gasteiger partial charge in [-0.1, -0.05) is 13.0 Å². The second-order valence-electron chi connectivity index (χ2n) is 8.38. The highest BCUT2D eigenvalue weighted by Gasteiger charge is 2.34. The molecule has 0 bridgehead atoms. The lowest BCUT2D eigenvalue weighted by Crippen LogP contribution is -2.25. The first-order valence-corrected chi connectivity index (χ1v) is 11.4. The molecule has 1 aliphatic rings. The number of carbonyl (C=O) groups is 1. The number of aliphatic hydroxyl groups is 1. The van der Waals surface area contributed by atoms with E-state index >= 15 is 0 Å². The molecule has 32 heavy (non-hydrogen) atoms. The quantitative estimate of drug-likeness (QED) is 0.467. The fourth-order valence-corrected chi connectivity index (χ4v) is 5.18. The van der Waals surface area contributed by atoms with Crippen LogP contribution in [0.4, 0.5) is 13.2 Å². The van der Waals surface area contributed by atoms with Crippen molar-refractivity contribution >= 4 is 23.1 Å². The van der Waals surface area contributed by atoms with Crippen LogP contribution in [0.2, 0.25) is 0 Å². The van der Waals surface area contributed by atoms with E-state index in [0.717, 1.165) is 28.2 Å². The van der Waals surface area contributed by atoms with Crippen LogP contribution in [0.3, 0.4) is 0 Å². The normalized spacial score (nSPS) is 18.1. The van der Waals surface area contributed by atoms with Gasteiger partial charge in [-0.2, -0.15) is 13.2 Å². The van der Waals surface area contributed by atoms with E-state index in [0.29, 0.717) is 35.5 Å². The van der Waals surface area contributed by atoms with Crippen molar-refractivity contribution in [3.05, 3.63) is 64.4 Å². The van der Waals surface area contributed by atoms with E-state index in [2.05, 4.69) is 0 Å². The summed E-state index contributed by atoms with van der Waals surface area (Å²) < 4.78 is 43.6. The third kappa shape index (κ3) is 5.31. The van der Waals surface area contributed by atoms with Gasteiger partial charge < -0.3 is 9.84 Å². The number of ether oxygens (including phenoxy) is 1. The number of alkyl halides is 3. The highest BCUT2D eigenvalue weighted by molar-refractivity contribution is 7.99. The number of hydrogen-bond acceptors (Lipinski definition) is 4. The van der Waals surface area contributed by atoms with Crippen molar-refractivity contribution in [1.29, 1.82) is 0 Å². The fourth-order valence-electron chi connectivity index (χ4n) is 4.12. The Labute approximate surface area is 190 Å². The van der Waals surface area contributed by atoms with Crippen LogP contribution >= 0.6 is 11.8 Å². The summed E-state index contributed by atoms with van der Waals surface area (Å²) in [5.41, 5.74) is 2.19. The zero-order chi connectivity index (χ0) is 23.6. The molecule has 0 heterocycles. The monoisotopic (exact) mass is 464 g/mol. The van der Waals surface area contributed by atoms with E-state index in [1.165, 1.54) is 23.9 Å². The van der Waals surface area contributed by atoms with Crippen LogP contribution in [0.5, 0.6) is 5.75 Å². The van der Waals surface area contributed by atoms with Crippen molar-refractivity contribution in [1.82, 2.24) is 0 Å². The maximum absolute atomic E-state index is 13.0. The molecule has 0 radical (unpaired) electrons. The molecule has 3 nitrogen and oxygen atoms in total. The predicted molar refractivity (Wildman–Crippen MR) is 121 cm³/mol. The van der Waals surface area contributed by atoms with Gasteiger partial charge in [-0.15, -0.1) is 11.8 Å². The zero-order valence-corrected chi connectivity index (χ0v) is 19.4. The number of carbonyl (C=O) groups excluding carboxylic acids is 1. The second-order valence-corrected chi connectivity index (χ2v) is 9.48. The number of aryl methyl sites for hydroxylation is 2. The number of benzene rings is 2. The van der Waals surface area contributed by atoms with E-state index < -0.39 is 11.7 Å². The van der Waals surface area contributed by atoms with E-state index in [1.807, 2.05) is 32.9 Å². The number of aliphatic hydroxyl groups excluding tert-OH is 1. The number of allylic oxidation sites excluding steroid dienone is 2. The summed E-state index contributed by atoms with van der Waals surface area (Å²) in [6, 6.07) is 8.90. The number of thioether (sulfide) groups is 1.